The third kappa shape index (κ3) is 4.39. The standard InChI is InChI=1S/C25H27ClFN5O2/c1-24-5-8-25(9-6-24,10-7-24)15-29-23(34)20-13-19(31-21-4-11-30-32(20)21)22(33)28-14-16-2-3-18(27)17(26)12-16/h2-4,11-13H,5-10,14-15H2,1H3,(H,28,33)(H,29,34). The number of aromatic nitrogens is 3. The van der Waals surface area contributed by atoms with Crippen molar-refractivity contribution >= 4 is 29.1 Å². The fourth-order valence-corrected chi connectivity index (χ4v) is 5.39. The zero-order valence-electron chi connectivity index (χ0n) is 19.0. The van der Waals surface area contributed by atoms with Crippen LogP contribution >= 0.6 is 11.6 Å². The van der Waals surface area contributed by atoms with Crippen LogP contribution in [-0.2, 0) is 6.54 Å². The van der Waals surface area contributed by atoms with E-state index in [2.05, 4.69) is 27.6 Å². The van der Waals surface area contributed by atoms with Crippen molar-refractivity contribution in [1.82, 2.24) is 25.2 Å². The van der Waals surface area contributed by atoms with Crippen molar-refractivity contribution in [3.8, 4) is 0 Å². The van der Waals surface area contributed by atoms with Gasteiger partial charge in [-0.2, -0.15) is 5.10 Å². The quantitative estimate of drug-likeness (QED) is 0.538. The van der Waals surface area contributed by atoms with E-state index in [9.17, 15) is 14.0 Å². The summed E-state index contributed by atoms with van der Waals surface area (Å²) in [6.07, 6.45) is 8.60. The maximum absolute atomic E-state index is 13.4. The summed E-state index contributed by atoms with van der Waals surface area (Å²) in [6, 6.07) is 7.37. The fourth-order valence-electron chi connectivity index (χ4n) is 5.19. The molecule has 178 valence electrons. The molecule has 2 aromatic heterocycles. The van der Waals surface area contributed by atoms with E-state index in [4.69, 9.17) is 11.6 Å². The maximum atomic E-state index is 13.4. The van der Waals surface area contributed by atoms with Gasteiger partial charge in [0.2, 0.25) is 0 Å². The Morgan fingerprint density at radius 2 is 1.79 bits per heavy atom. The molecule has 1 aromatic carbocycles. The number of amides is 2. The molecule has 2 amide bonds. The predicted molar refractivity (Wildman–Crippen MR) is 126 cm³/mol. The number of hydrogen-bond donors (Lipinski definition) is 2. The van der Waals surface area contributed by atoms with Gasteiger partial charge in [0, 0.05) is 25.2 Å². The Balaban J connectivity index is 1.30. The largest absolute Gasteiger partial charge is 0.350 e. The molecule has 0 saturated heterocycles. The van der Waals surface area contributed by atoms with Crippen LogP contribution in [0.5, 0.6) is 0 Å². The number of nitrogens with one attached hydrogen (secondary N) is 2. The molecular formula is C25H27ClFN5O2. The number of rotatable bonds is 6. The molecule has 7 nitrogen and oxygen atoms in total. The van der Waals surface area contributed by atoms with Gasteiger partial charge < -0.3 is 10.6 Å². The van der Waals surface area contributed by atoms with Gasteiger partial charge in [0.25, 0.3) is 11.8 Å². The first-order chi connectivity index (χ1) is 16.3. The second-order valence-corrected chi connectivity index (χ2v) is 10.5. The molecule has 0 radical (unpaired) electrons. The Hall–Kier alpha value is -3.00. The average Bonchev–Trinajstić information content (AvgIpc) is 3.32. The molecule has 2 bridgehead atoms. The van der Waals surface area contributed by atoms with Crippen molar-refractivity contribution in [2.24, 2.45) is 10.8 Å². The molecule has 0 unspecified atom stereocenters. The van der Waals surface area contributed by atoms with E-state index >= 15 is 0 Å². The highest BCUT2D eigenvalue weighted by Gasteiger charge is 2.46. The van der Waals surface area contributed by atoms with Crippen LogP contribution < -0.4 is 10.6 Å². The van der Waals surface area contributed by atoms with Gasteiger partial charge >= 0.3 is 0 Å². The molecule has 3 fully saturated rings. The average molecular weight is 484 g/mol. The highest BCUT2D eigenvalue weighted by atomic mass is 35.5. The molecule has 0 atom stereocenters. The number of hydrogen-bond acceptors (Lipinski definition) is 4. The molecule has 3 aromatic rings. The first-order valence-corrected chi connectivity index (χ1v) is 12.0. The second kappa shape index (κ2) is 8.65. The SMILES string of the molecule is CC12CCC(CNC(=O)c3cc(C(=O)NCc4ccc(F)c(Cl)c4)nc4ccnn34)(CC1)CC2. The first kappa shape index (κ1) is 22.8. The van der Waals surface area contributed by atoms with Crippen molar-refractivity contribution < 1.29 is 14.0 Å². The van der Waals surface area contributed by atoms with Gasteiger partial charge in [-0.15, -0.1) is 0 Å². The zero-order valence-corrected chi connectivity index (χ0v) is 19.8. The van der Waals surface area contributed by atoms with Gasteiger partial charge in [0.1, 0.15) is 17.2 Å². The number of benzene rings is 1. The summed E-state index contributed by atoms with van der Waals surface area (Å²) in [4.78, 5) is 30.3. The van der Waals surface area contributed by atoms with E-state index < -0.39 is 11.7 Å². The maximum Gasteiger partial charge on any atom is 0.270 e. The summed E-state index contributed by atoms with van der Waals surface area (Å²) in [5.74, 6) is -1.24. The Labute approximate surface area is 202 Å². The van der Waals surface area contributed by atoms with Crippen LogP contribution in [-0.4, -0.2) is 33.0 Å². The van der Waals surface area contributed by atoms with Gasteiger partial charge in [0.05, 0.1) is 11.2 Å². The lowest BCUT2D eigenvalue weighted by Gasteiger charge is -2.52. The highest BCUT2D eigenvalue weighted by molar-refractivity contribution is 6.30. The Bertz CT molecular complexity index is 1250. The topological polar surface area (TPSA) is 88.4 Å². The first-order valence-electron chi connectivity index (χ1n) is 11.6. The van der Waals surface area contributed by atoms with Crippen LogP contribution in [0.4, 0.5) is 4.39 Å². The van der Waals surface area contributed by atoms with E-state index in [-0.39, 0.29) is 34.3 Å². The van der Waals surface area contributed by atoms with Crippen molar-refractivity contribution in [2.75, 3.05) is 6.54 Å². The van der Waals surface area contributed by atoms with Crippen molar-refractivity contribution in [2.45, 2.75) is 52.0 Å². The number of carbonyl (C=O) groups is 2. The molecule has 3 aliphatic rings. The molecule has 6 rings (SSSR count). The van der Waals surface area contributed by atoms with Crippen LogP contribution in [0.2, 0.25) is 5.02 Å². The highest BCUT2D eigenvalue weighted by Crippen LogP contribution is 2.56. The van der Waals surface area contributed by atoms with Gasteiger partial charge in [0.15, 0.2) is 5.65 Å². The van der Waals surface area contributed by atoms with Crippen molar-refractivity contribution in [3.05, 3.63) is 64.3 Å². The summed E-state index contributed by atoms with van der Waals surface area (Å²) in [5, 5.41) is 10.1. The minimum absolute atomic E-state index is 0.00969. The Kier molecular flexibility index (Phi) is 5.80. The lowest BCUT2D eigenvalue weighted by molar-refractivity contribution is 0.00434. The summed E-state index contributed by atoms with van der Waals surface area (Å²) in [7, 11) is 0. The monoisotopic (exact) mass is 483 g/mol. The minimum atomic E-state index is -0.518. The van der Waals surface area contributed by atoms with E-state index in [0.717, 1.165) is 19.3 Å². The summed E-state index contributed by atoms with van der Waals surface area (Å²) < 4.78 is 14.8. The normalized spacial score (nSPS) is 23.7. The third-order valence-corrected chi connectivity index (χ3v) is 7.95. The predicted octanol–water partition coefficient (Wildman–Crippen LogP) is 4.54. The van der Waals surface area contributed by atoms with Crippen LogP contribution in [0.1, 0.15) is 72.0 Å². The van der Waals surface area contributed by atoms with Gasteiger partial charge in [-0.3, -0.25) is 9.59 Å². The Morgan fingerprint density at radius 3 is 2.50 bits per heavy atom. The van der Waals surface area contributed by atoms with Gasteiger partial charge in [-0.25, -0.2) is 13.9 Å². The van der Waals surface area contributed by atoms with Crippen LogP contribution in [0.3, 0.4) is 0 Å². The molecule has 34 heavy (non-hydrogen) atoms. The molecule has 0 spiro atoms. The molecule has 9 heteroatoms. The third-order valence-electron chi connectivity index (χ3n) is 7.66. The molecular weight excluding hydrogens is 457 g/mol. The molecule has 2 N–H and O–H groups in total. The van der Waals surface area contributed by atoms with E-state index in [1.165, 1.54) is 42.0 Å². The summed E-state index contributed by atoms with van der Waals surface area (Å²) >= 11 is 5.82. The van der Waals surface area contributed by atoms with E-state index in [0.29, 0.717) is 23.2 Å². The molecule has 3 saturated carbocycles. The van der Waals surface area contributed by atoms with Crippen LogP contribution in [0.15, 0.2) is 36.5 Å². The lowest BCUT2D eigenvalue weighted by atomic mass is 9.54. The number of nitrogens with zero attached hydrogens (tertiary/aromatic N) is 3. The minimum Gasteiger partial charge on any atom is -0.350 e. The van der Waals surface area contributed by atoms with E-state index in [1.807, 2.05) is 0 Å². The van der Waals surface area contributed by atoms with Crippen molar-refractivity contribution in [1.29, 1.82) is 0 Å². The number of halogens is 2. The van der Waals surface area contributed by atoms with Crippen LogP contribution in [0, 0.1) is 16.6 Å². The van der Waals surface area contributed by atoms with Crippen molar-refractivity contribution in [3.63, 3.8) is 0 Å². The zero-order chi connectivity index (χ0) is 23.9. The summed E-state index contributed by atoms with van der Waals surface area (Å²) in [5.41, 5.74) is 2.07. The number of fused-ring (bicyclic) bond motifs is 4. The fraction of sp³-hybridized carbons (Fsp3) is 0.440. The molecule has 2 heterocycles. The van der Waals surface area contributed by atoms with Crippen LogP contribution in [0.25, 0.3) is 5.65 Å². The van der Waals surface area contributed by atoms with Gasteiger partial charge in [-0.05, 0) is 67.1 Å². The van der Waals surface area contributed by atoms with E-state index in [1.54, 1.807) is 18.3 Å². The lowest BCUT2D eigenvalue weighted by Crippen LogP contribution is -2.46. The van der Waals surface area contributed by atoms with Gasteiger partial charge in [-0.1, -0.05) is 24.6 Å². The Morgan fingerprint density at radius 1 is 1.06 bits per heavy atom. The summed E-state index contributed by atoms with van der Waals surface area (Å²) in [6.45, 7) is 3.14. The molecule has 0 aliphatic heterocycles. The number of carbonyl (C=O) groups excluding carboxylic acids is 2. The molecule has 3 aliphatic carbocycles. The second-order valence-electron chi connectivity index (χ2n) is 10.1. The smallest absolute Gasteiger partial charge is 0.270 e.